The molecule has 1 aliphatic rings. The van der Waals surface area contributed by atoms with E-state index in [1.54, 1.807) is 0 Å². The van der Waals surface area contributed by atoms with Gasteiger partial charge in [0.15, 0.2) is 0 Å². The Balaban J connectivity index is 1.88. The summed E-state index contributed by atoms with van der Waals surface area (Å²) in [7, 11) is 0. The van der Waals surface area contributed by atoms with Crippen molar-refractivity contribution in [1.82, 2.24) is 15.3 Å². The molecule has 0 saturated carbocycles. The third-order valence-electron chi connectivity index (χ3n) is 4.08. The molecule has 1 amide bonds. The molecule has 0 aliphatic carbocycles. The second kappa shape index (κ2) is 5.52. The van der Waals surface area contributed by atoms with E-state index in [0.717, 1.165) is 43.4 Å². The number of para-hydroxylation sites is 1. The SMILES string of the molecule is Cc1nc2cccc(-c3cc4c(s3)C(=O)NC4)c2nc1NC(C)(C)C. The maximum Gasteiger partial charge on any atom is 0.261 e. The van der Waals surface area contributed by atoms with Crippen LogP contribution in [0.25, 0.3) is 21.5 Å². The summed E-state index contributed by atoms with van der Waals surface area (Å²) in [6.45, 7) is 8.89. The number of hydrogen-bond acceptors (Lipinski definition) is 5. The minimum atomic E-state index is -0.0930. The van der Waals surface area contributed by atoms with Crippen LogP contribution >= 0.6 is 11.3 Å². The van der Waals surface area contributed by atoms with Gasteiger partial charge in [0.25, 0.3) is 5.91 Å². The number of carbonyl (C=O) groups excluding carboxylic acids is 1. The van der Waals surface area contributed by atoms with Gasteiger partial charge in [-0.2, -0.15) is 0 Å². The monoisotopic (exact) mass is 352 g/mol. The standard InChI is InChI=1S/C19H20N4OS/c1-10-17(23-19(2,3)4)22-15-12(6-5-7-13(15)21-10)14-8-11-9-20-18(24)16(11)25-14/h5-8H,9H2,1-4H3,(H,20,24)(H,22,23). The molecule has 0 spiro atoms. The molecular formula is C19H20N4OS. The maximum absolute atomic E-state index is 11.9. The number of fused-ring (bicyclic) bond motifs is 2. The molecule has 3 heterocycles. The molecule has 0 radical (unpaired) electrons. The van der Waals surface area contributed by atoms with E-state index in [-0.39, 0.29) is 11.4 Å². The molecule has 6 heteroatoms. The van der Waals surface area contributed by atoms with Crippen molar-refractivity contribution < 1.29 is 4.79 Å². The van der Waals surface area contributed by atoms with Crippen LogP contribution in [0.5, 0.6) is 0 Å². The quantitative estimate of drug-likeness (QED) is 0.728. The van der Waals surface area contributed by atoms with Gasteiger partial charge in [0.05, 0.1) is 21.6 Å². The first kappa shape index (κ1) is 16.0. The fraction of sp³-hybridized carbons (Fsp3) is 0.316. The van der Waals surface area contributed by atoms with Gasteiger partial charge >= 0.3 is 0 Å². The van der Waals surface area contributed by atoms with Crippen LogP contribution < -0.4 is 10.6 Å². The Morgan fingerprint density at radius 3 is 2.76 bits per heavy atom. The van der Waals surface area contributed by atoms with Crippen molar-refractivity contribution in [3.63, 3.8) is 0 Å². The van der Waals surface area contributed by atoms with Crippen molar-refractivity contribution >= 4 is 34.1 Å². The normalized spacial score (nSPS) is 13.8. The summed E-state index contributed by atoms with van der Waals surface area (Å²) in [5, 5.41) is 6.29. The highest BCUT2D eigenvalue weighted by molar-refractivity contribution is 7.17. The molecule has 0 unspecified atom stereocenters. The Morgan fingerprint density at radius 2 is 2.04 bits per heavy atom. The molecule has 1 aliphatic heterocycles. The molecule has 2 N–H and O–H groups in total. The van der Waals surface area contributed by atoms with E-state index in [1.807, 2.05) is 25.1 Å². The topological polar surface area (TPSA) is 66.9 Å². The summed E-state index contributed by atoms with van der Waals surface area (Å²) in [5.74, 6) is 0.817. The van der Waals surface area contributed by atoms with Crippen molar-refractivity contribution in [2.75, 3.05) is 5.32 Å². The van der Waals surface area contributed by atoms with Crippen molar-refractivity contribution in [2.24, 2.45) is 0 Å². The molecule has 0 atom stereocenters. The highest BCUT2D eigenvalue weighted by atomic mass is 32.1. The molecule has 5 nitrogen and oxygen atoms in total. The van der Waals surface area contributed by atoms with E-state index < -0.39 is 0 Å². The Hall–Kier alpha value is -2.47. The number of aromatic nitrogens is 2. The Morgan fingerprint density at radius 1 is 1.24 bits per heavy atom. The third-order valence-corrected chi connectivity index (χ3v) is 5.29. The van der Waals surface area contributed by atoms with E-state index in [0.29, 0.717) is 6.54 Å². The number of carbonyl (C=O) groups is 1. The van der Waals surface area contributed by atoms with Gasteiger partial charge in [0.2, 0.25) is 0 Å². The van der Waals surface area contributed by atoms with E-state index >= 15 is 0 Å². The van der Waals surface area contributed by atoms with Crippen LogP contribution in [-0.4, -0.2) is 21.4 Å². The number of rotatable bonds is 2. The van der Waals surface area contributed by atoms with Crippen molar-refractivity contribution in [3.05, 3.63) is 40.4 Å². The molecule has 2 aromatic heterocycles. The van der Waals surface area contributed by atoms with E-state index in [2.05, 4.69) is 37.5 Å². The molecule has 128 valence electrons. The fourth-order valence-corrected chi connectivity index (χ4v) is 4.10. The zero-order valence-electron chi connectivity index (χ0n) is 14.7. The molecule has 0 fully saturated rings. The summed E-state index contributed by atoms with van der Waals surface area (Å²) in [6.07, 6.45) is 0. The van der Waals surface area contributed by atoms with E-state index in [4.69, 9.17) is 9.97 Å². The van der Waals surface area contributed by atoms with Gasteiger partial charge in [-0.15, -0.1) is 11.3 Å². The minimum Gasteiger partial charge on any atom is -0.364 e. The molecule has 3 aromatic rings. The number of nitrogens with zero attached hydrogens (tertiary/aromatic N) is 2. The van der Waals surface area contributed by atoms with E-state index in [1.165, 1.54) is 11.3 Å². The minimum absolute atomic E-state index is 0.0171. The highest BCUT2D eigenvalue weighted by Gasteiger charge is 2.24. The second-order valence-corrected chi connectivity index (χ2v) is 8.41. The van der Waals surface area contributed by atoms with Gasteiger partial charge in [-0.1, -0.05) is 12.1 Å². The molecule has 25 heavy (non-hydrogen) atoms. The predicted molar refractivity (Wildman–Crippen MR) is 102 cm³/mol. The summed E-state index contributed by atoms with van der Waals surface area (Å²) < 4.78 is 0. The largest absolute Gasteiger partial charge is 0.364 e. The zero-order valence-corrected chi connectivity index (χ0v) is 15.5. The van der Waals surface area contributed by atoms with Gasteiger partial charge in [-0.25, -0.2) is 9.97 Å². The number of thiophene rings is 1. The number of benzene rings is 1. The summed E-state index contributed by atoms with van der Waals surface area (Å²) in [6, 6.07) is 8.11. The number of anilines is 1. The van der Waals surface area contributed by atoms with Gasteiger partial charge in [0, 0.05) is 22.5 Å². The van der Waals surface area contributed by atoms with Crippen LogP contribution in [0.15, 0.2) is 24.3 Å². The number of amides is 1. The van der Waals surface area contributed by atoms with Crippen LogP contribution in [0.4, 0.5) is 5.82 Å². The Labute approximate surface area is 150 Å². The summed E-state index contributed by atoms with van der Waals surface area (Å²) in [5.41, 5.74) is 4.61. The van der Waals surface area contributed by atoms with Gasteiger partial charge < -0.3 is 10.6 Å². The van der Waals surface area contributed by atoms with Gasteiger partial charge in [-0.3, -0.25) is 4.79 Å². The third kappa shape index (κ3) is 2.87. The first-order chi connectivity index (χ1) is 11.8. The lowest BCUT2D eigenvalue weighted by molar-refractivity contribution is 0.0969. The average molecular weight is 352 g/mol. The lowest BCUT2D eigenvalue weighted by Crippen LogP contribution is -2.27. The molecule has 0 bridgehead atoms. The van der Waals surface area contributed by atoms with Crippen molar-refractivity contribution in [1.29, 1.82) is 0 Å². The van der Waals surface area contributed by atoms with Gasteiger partial charge in [-0.05, 0) is 45.4 Å². The van der Waals surface area contributed by atoms with Crippen LogP contribution in [-0.2, 0) is 6.54 Å². The highest BCUT2D eigenvalue weighted by Crippen LogP contribution is 2.37. The summed E-state index contributed by atoms with van der Waals surface area (Å²) in [4.78, 5) is 23.4. The number of hydrogen-bond donors (Lipinski definition) is 2. The van der Waals surface area contributed by atoms with Crippen LogP contribution in [0.3, 0.4) is 0 Å². The molecule has 1 aromatic carbocycles. The predicted octanol–water partition coefficient (Wildman–Crippen LogP) is 4.12. The van der Waals surface area contributed by atoms with Crippen LogP contribution in [0.2, 0.25) is 0 Å². The number of nitrogens with one attached hydrogen (secondary N) is 2. The first-order valence-corrected chi connectivity index (χ1v) is 9.10. The average Bonchev–Trinajstić information content (AvgIpc) is 3.09. The van der Waals surface area contributed by atoms with Crippen molar-refractivity contribution in [3.8, 4) is 10.4 Å². The maximum atomic E-state index is 11.9. The molecule has 0 saturated heterocycles. The summed E-state index contributed by atoms with van der Waals surface area (Å²) >= 11 is 1.52. The van der Waals surface area contributed by atoms with E-state index in [9.17, 15) is 4.79 Å². The molecular weight excluding hydrogens is 332 g/mol. The second-order valence-electron chi connectivity index (χ2n) is 7.35. The fourth-order valence-electron chi connectivity index (χ4n) is 2.98. The van der Waals surface area contributed by atoms with Gasteiger partial charge in [0.1, 0.15) is 5.82 Å². The lowest BCUT2D eigenvalue weighted by atomic mass is 10.1. The lowest BCUT2D eigenvalue weighted by Gasteiger charge is -2.22. The van der Waals surface area contributed by atoms with Crippen molar-refractivity contribution in [2.45, 2.75) is 39.8 Å². The first-order valence-electron chi connectivity index (χ1n) is 8.29. The Bertz CT molecular complexity index is 1000. The smallest absolute Gasteiger partial charge is 0.261 e. The Kier molecular flexibility index (Phi) is 3.54. The van der Waals surface area contributed by atoms with Crippen LogP contribution in [0, 0.1) is 6.92 Å². The van der Waals surface area contributed by atoms with Crippen LogP contribution in [0.1, 0.15) is 41.7 Å². The molecule has 4 rings (SSSR count). The zero-order chi connectivity index (χ0) is 17.8. The number of aryl methyl sites for hydroxylation is 1.